The molecule has 6 nitrogen and oxygen atoms in total. The number of sulfone groups is 1. The molecule has 3 atom stereocenters. The van der Waals surface area contributed by atoms with Crippen LogP contribution >= 0.6 is 11.6 Å². The molecule has 0 saturated heterocycles. The molecule has 1 N–H and O–H groups in total. The van der Waals surface area contributed by atoms with E-state index in [2.05, 4.69) is 5.32 Å². The molecule has 10 heteroatoms. The molecule has 33 heavy (non-hydrogen) atoms. The summed E-state index contributed by atoms with van der Waals surface area (Å²) < 4.78 is 67.4. The summed E-state index contributed by atoms with van der Waals surface area (Å²) in [6, 6.07) is 7.47. The number of rotatable bonds is 5. The van der Waals surface area contributed by atoms with Crippen LogP contribution in [0.25, 0.3) is 0 Å². The van der Waals surface area contributed by atoms with Crippen LogP contribution in [0.4, 0.5) is 13.6 Å². The van der Waals surface area contributed by atoms with Gasteiger partial charge in [0, 0.05) is 23.4 Å². The van der Waals surface area contributed by atoms with Crippen molar-refractivity contribution in [1.29, 1.82) is 0 Å². The molecule has 1 fully saturated rings. The zero-order valence-electron chi connectivity index (χ0n) is 17.9. The number of benzene rings is 2. The van der Waals surface area contributed by atoms with Gasteiger partial charge in [-0.05, 0) is 56.2 Å². The molecule has 0 radical (unpaired) electrons. The number of nitrogens with one attached hydrogen (secondary N) is 1. The molecule has 2 unspecified atom stereocenters. The highest BCUT2D eigenvalue weighted by Gasteiger charge is 2.61. The van der Waals surface area contributed by atoms with E-state index < -0.39 is 44.1 Å². The molecule has 2 aliphatic rings. The minimum Gasteiger partial charge on any atom is -0.490 e. The van der Waals surface area contributed by atoms with Crippen molar-refractivity contribution in [3.63, 3.8) is 0 Å². The Kier molecular flexibility index (Phi) is 6.55. The van der Waals surface area contributed by atoms with Crippen LogP contribution in [0.5, 0.6) is 5.75 Å². The average Bonchev–Trinajstić information content (AvgIpc) is 2.79. The quantitative estimate of drug-likeness (QED) is 0.636. The molecule has 4 rings (SSSR count). The van der Waals surface area contributed by atoms with Gasteiger partial charge in [0.2, 0.25) is 0 Å². The van der Waals surface area contributed by atoms with E-state index in [1.54, 1.807) is 6.92 Å². The van der Waals surface area contributed by atoms with Crippen LogP contribution in [0.1, 0.15) is 31.7 Å². The van der Waals surface area contributed by atoms with Crippen LogP contribution in [0.2, 0.25) is 5.02 Å². The minimum atomic E-state index is -4.24. The number of hydrogen-bond donors (Lipinski definition) is 1. The van der Waals surface area contributed by atoms with Crippen molar-refractivity contribution in [1.82, 2.24) is 5.32 Å². The number of alkyl carbamates (subject to hydrolysis) is 1. The molecule has 0 spiro atoms. The number of carbonyl (C=O) groups is 1. The summed E-state index contributed by atoms with van der Waals surface area (Å²) in [5.74, 6) is -3.24. The van der Waals surface area contributed by atoms with Gasteiger partial charge in [-0.3, -0.25) is 0 Å². The summed E-state index contributed by atoms with van der Waals surface area (Å²) in [6.45, 7) is 1.91. The molecular formula is C23H24ClF2NO5S. The van der Waals surface area contributed by atoms with Gasteiger partial charge in [0.1, 0.15) is 10.6 Å². The van der Waals surface area contributed by atoms with E-state index in [0.717, 1.165) is 12.1 Å². The smallest absolute Gasteiger partial charge is 0.407 e. The molecule has 1 aliphatic heterocycles. The maximum atomic E-state index is 15.3. The van der Waals surface area contributed by atoms with Gasteiger partial charge in [0.25, 0.3) is 0 Å². The molecule has 0 bridgehead atoms. The first-order valence-electron chi connectivity index (χ1n) is 10.7. The molecule has 1 aliphatic carbocycles. The Balaban J connectivity index is 1.87. The van der Waals surface area contributed by atoms with Gasteiger partial charge in [-0.15, -0.1) is 0 Å². The zero-order valence-corrected chi connectivity index (χ0v) is 19.5. The third-order valence-corrected chi connectivity index (χ3v) is 9.35. The second-order valence-corrected chi connectivity index (χ2v) is 10.9. The zero-order chi connectivity index (χ0) is 23.8. The highest BCUT2D eigenvalue weighted by atomic mass is 35.5. The normalized spacial score (nSPS) is 24.2. The van der Waals surface area contributed by atoms with Gasteiger partial charge in [-0.1, -0.05) is 18.0 Å². The first-order chi connectivity index (χ1) is 15.7. The lowest BCUT2D eigenvalue weighted by Gasteiger charge is -2.50. The number of halogens is 3. The monoisotopic (exact) mass is 499 g/mol. The average molecular weight is 500 g/mol. The Labute approximate surface area is 196 Å². The van der Waals surface area contributed by atoms with Crippen molar-refractivity contribution < 1.29 is 31.5 Å². The second kappa shape index (κ2) is 9.10. The van der Waals surface area contributed by atoms with E-state index in [9.17, 15) is 17.6 Å². The maximum absolute atomic E-state index is 15.3. The summed E-state index contributed by atoms with van der Waals surface area (Å²) in [5, 5.41) is 2.88. The number of ether oxygens (including phenoxy) is 2. The third-order valence-electron chi connectivity index (χ3n) is 6.53. The third kappa shape index (κ3) is 3.95. The molecule has 1 amide bonds. The molecule has 2 aromatic rings. The van der Waals surface area contributed by atoms with E-state index in [4.69, 9.17) is 21.1 Å². The van der Waals surface area contributed by atoms with Crippen molar-refractivity contribution in [2.24, 2.45) is 11.8 Å². The van der Waals surface area contributed by atoms with Gasteiger partial charge in [-0.25, -0.2) is 22.0 Å². The summed E-state index contributed by atoms with van der Waals surface area (Å²) in [5.41, 5.74) is -0.295. The van der Waals surface area contributed by atoms with Gasteiger partial charge in [0.05, 0.1) is 23.7 Å². The maximum Gasteiger partial charge on any atom is 0.407 e. The minimum absolute atomic E-state index is 0.0429. The van der Waals surface area contributed by atoms with Gasteiger partial charge >= 0.3 is 6.09 Å². The number of hydrogen-bond acceptors (Lipinski definition) is 5. The number of fused-ring (bicyclic) bond motifs is 3. The number of carbonyl (C=O) groups excluding carboxylic acids is 1. The summed E-state index contributed by atoms with van der Waals surface area (Å²) >= 11 is 5.95. The molecule has 2 aromatic carbocycles. The van der Waals surface area contributed by atoms with Crippen molar-refractivity contribution in [3.8, 4) is 5.75 Å². The largest absolute Gasteiger partial charge is 0.490 e. The first kappa shape index (κ1) is 23.8. The fourth-order valence-electron chi connectivity index (χ4n) is 5.09. The first-order valence-corrected chi connectivity index (χ1v) is 12.6. The SMILES string of the molecule is CCNC(=O)OC[C@@H]1CCCC2(S(=O)(=O)c3ccc(Cl)cc3)c3c(F)ccc(F)c3OCC12. The van der Waals surface area contributed by atoms with Crippen molar-refractivity contribution in [2.75, 3.05) is 19.8 Å². The fraction of sp³-hybridized carbons (Fsp3) is 0.435. The van der Waals surface area contributed by atoms with Crippen molar-refractivity contribution in [3.05, 3.63) is 58.6 Å². The van der Waals surface area contributed by atoms with E-state index in [1.165, 1.54) is 24.3 Å². The predicted octanol–water partition coefficient (Wildman–Crippen LogP) is 4.84. The molecule has 0 aromatic heterocycles. The Morgan fingerprint density at radius 2 is 1.91 bits per heavy atom. The Morgan fingerprint density at radius 1 is 1.21 bits per heavy atom. The molecule has 1 heterocycles. The predicted molar refractivity (Wildman–Crippen MR) is 118 cm³/mol. The standard InChI is InChI=1S/C23H24ClF2NO5S/c1-2-27-22(28)32-12-14-4-3-11-23(33(29,30)16-7-5-15(24)6-8-16)17(14)13-31-21-19(26)10-9-18(25)20(21)23/h5-10,14,17H,2-4,11-13H2,1H3,(H,27,28)/t14-,17?,23?/m0/s1. The van der Waals surface area contributed by atoms with Crippen molar-refractivity contribution >= 4 is 27.5 Å². The van der Waals surface area contributed by atoms with E-state index in [1.807, 2.05) is 0 Å². The summed E-state index contributed by atoms with van der Waals surface area (Å²) in [4.78, 5) is 11.8. The highest BCUT2D eigenvalue weighted by molar-refractivity contribution is 7.92. The van der Waals surface area contributed by atoms with Crippen LogP contribution in [0, 0.1) is 23.5 Å². The molecule has 178 valence electrons. The molecular weight excluding hydrogens is 476 g/mol. The highest BCUT2D eigenvalue weighted by Crippen LogP contribution is 2.58. The lowest BCUT2D eigenvalue weighted by Crippen LogP contribution is -2.55. The van der Waals surface area contributed by atoms with Crippen LogP contribution in [0.3, 0.4) is 0 Å². The van der Waals surface area contributed by atoms with Gasteiger partial charge in [0.15, 0.2) is 21.4 Å². The summed E-state index contributed by atoms with van der Waals surface area (Å²) in [7, 11) is -4.24. The summed E-state index contributed by atoms with van der Waals surface area (Å²) in [6.07, 6.45) is 0.431. The van der Waals surface area contributed by atoms with Crippen LogP contribution in [-0.2, 0) is 19.3 Å². The van der Waals surface area contributed by atoms with E-state index in [0.29, 0.717) is 24.4 Å². The lowest BCUT2D eigenvalue weighted by molar-refractivity contribution is 0.0334. The number of amides is 1. The van der Waals surface area contributed by atoms with Crippen LogP contribution < -0.4 is 10.1 Å². The van der Waals surface area contributed by atoms with Crippen LogP contribution in [0.15, 0.2) is 41.3 Å². The molecule has 1 saturated carbocycles. The van der Waals surface area contributed by atoms with Gasteiger partial charge < -0.3 is 14.8 Å². The van der Waals surface area contributed by atoms with Crippen LogP contribution in [-0.4, -0.2) is 34.3 Å². The fourth-order valence-corrected chi connectivity index (χ4v) is 7.66. The lowest BCUT2D eigenvalue weighted by atomic mass is 9.67. The second-order valence-electron chi connectivity index (χ2n) is 8.28. The Bertz CT molecular complexity index is 1160. The Hall–Kier alpha value is -2.39. The van der Waals surface area contributed by atoms with E-state index in [-0.39, 0.29) is 35.8 Å². The van der Waals surface area contributed by atoms with Crippen molar-refractivity contribution in [2.45, 2.75) is 35.8 Å². The van der Waals surface area contributed by atoms with E-state index >= 15 is 4.39 Å². The Morgan fingerprint density at radius 3 is 2.61 bits per heavy atom. The topological polar surface area (TPSA) is 81.7 Å². The van der Waals surface area contributed by atoms with Gasteiger partial charge in [-0.2, -0.15) is 0 Å².